The Balaban J connectivity index is 0.000000121. The molecule has 0 radical (unpaired) electrons. The number of hydrogen-bond acceptors (Lipinski definition) is 11. The van der Waals surface area contributed by atoms with Gasteiger partial charge in [0.1, 0.15) is 23.3 Å². The van der Waals surface area contributed by atoms with Gasteiger partial charge in [0, 0.05) is 44.5 Å². The van der Waals surface area contributed by atoms with Gasteiger partial charge in [0.05, 0.1) is 11.4 Å². The molecule has 4 aromatic heterocycles. The van der Waals surface area contributed by atoms with Crippen molar-refractivity contribution >= 4 is 0 Å². The molecule has 16 aromatic rings. The molecule has 0 fully saturated rings. The third kappa shape index (κ3) is 17.0. The minimum absolute atomic E-state index is 0.698. The van der Waals surface area contributed by atoms with Gasteiger partial charge in [-0.2, -0.15) is 0 Å². The van der Waals surface area contributed by atoms with Crippen molar-refractivity contribution in [2.45, 2.75) is 27.7 Å². The molecule has 0 aliphatic heterocycles. The first kappa shape index (κ1) is 65.4. The van der Waals surface area contributed by atoms with Crippen molar-refractivity contribution in [1.82, 2.24) is 54.8 Å². The molecule has 0 saturated carbocycles. The first-order valence-corrected chi connectivity index (χ1v) is 33.1. The molecule has 480 valence electrons. The summed E-state index contributed by atoms with van der Waals surface area (Å²) in [5.41, 5.74) is 19.5. The van der Waals surface area contributed by atoms with E-state index in [-0.39, 0.29) is 0 Å². The van der Waals surface area contributed by atoms with Crippen LogP contribution in [0.5, 0.6) is 0 Å². The lowest BCUT2D eigenvalue weighted by atomic mass is 9.99. The van der Waals surface area contributed by atoms with Crippen LogP contribution in [0, 0.1) is 27.7 Å². The maximum absolute atomic E-state index is 4.73. The van der Waals surface area contributed by atoms with Crippen LogP contribution in [0.25, 0.3) is 135 Å². The fourth-order valence-corrected chi connectivity index (χ4v) is 11.3. The SMILES string of the molecule is Cc1nc(-c2cccc(-c3ccccc3)c2)cc(-c2cccc(-c3ccccc3)c2)n1.Cc1nc(-c2ccccc2)nc(-c2ccc(-c3ccccc3)cc2)n1.Cc1nc(-c2ccccc2)nc(-c2cccc(-c3ccccc3)c2)n1.Cc1nc(-c2ccccc2)nc(-c2ccccc2)n1. The molecule has 0 N–H and O–H groups in total. The fraction of sp³-hybridized carbons (Fsp3) is 0.0449. The Labute approximate surface area is 583 Å². The van der Waals surface area contributed by atoms with Gasteiger partial charge in [-0.05, 0) is 96.5 Å². The first-order chi connectivity index (χ1) is 49.2. The minimum atomic E-state index is 0.698. The van der Waals surface area contributed by atoms with Crippen LogP contribution in [-0.2, 0) is 0 Å². The highest BCUT2D eigenvalue weighted by Gasteiger charge is 2.14. The van der Waals surface area contributed by atoms with E-state index in [4.69, 9.17) is 9.97 Å². The highest BCUT2D eigenvalue weighted by Crippen LogP contribution is 2.32. The Kier molecular flexibility index (Phi) is 20.9. The summed E-state index contributed by atoms with van der Waals surface area (Å²) in [6.07, 6.45) is 0. The Morgan fingerprint density at radius 1 is 0.130 bits per heavy atom. The van der Waals surface area contributed by atoms with Crippen LogP contribution in [0.15, 0.2) is 346 Å². The number of hydrogen-bond donors (Lipinski definition) is 0. The van der Waals surface area contributed by atoms with Gasteiger partial charge in [0.25, 0.3) is 0 Å². The van der Waals surface area contributed by atoms with Gasteiger partial charge in [-0.3, -0.25) is 0 Å². The fourth-order valence-electron chi connectivity index (χ4n) is 11.3. The molecule has 0 unspecified atom stereocenters. The highest BCUT2D eigenvalue weighted by atomic mass is 15.0. The van der Waals surface area contributed by atoms with E-state index in [1.165, 1.54) is 38.9 Å². The lowest BCUT2D eigenvalue weighted by Crippen LogP contribution is -1.99. The lowest BCUT2D eigenvalue weighted by molar-refractivity contribution is 0.991. The van der Waals surface area contributed by atoms with Crippen LogP contribution in [0.3, 0.4) is 0 Å². The molecule has 4 heterocycles. The Hall–Kier alpha value is -13.3. The van der Waals surface area contributed by atoms with Crippen molar-refractivity contribution in [2.75, 3.05) is 0 Å². The zero-order valence-corrected chi connectivity index (χ0v) is 55.8. The highest BCUT2D eigenvalue weighted by molar-refractivity contribution is 5.77. The summed E-state index contributed by atoms with van der Waals surface area (Å²) in [7, 11) is 0. The van der Waals surface area contributed by atoms with Crippen molar-refractivity contribution in [1.29, 1.82) is 0 Å². The largest absolute Gasteiger partial charge is 0.233 e. The molecule has 11 heteroatoms. The summed E-state index contributed by atoms with van der Waals surface area (Å²) in [6, 6.07) is 117. The summed E-state index contributed by atoms with van der Waals surface area (Å²) < 4.78 is 0. The second-order valence-corrected chi connectivity index (χ2v) is 23.5. The number of nitrogens with zero attached hydrogens (tertiary/aromatic N) is 11. The first-order valence-electron chi connectivity index (χ1n) is 33.1. The zero-order valence-electron chi connectivity index (χ0n) is 55.8. The molecule has 16 rings (SSSR count). The number of aryl methyl sites for hydroxylation is 4. The molecule has 0 spiro atoms. The topological polar surface area (TPSA) is 142 Å². The van der Waals surface area contributed by atoms with E-state index in [0.717, 1.165) is 78.9 Å². The van der Waals surface area contributed by atoms with Gasteiger partial charge in [0.2, 0.25) is 0 Å². The molecule has 0 saturated heterocycles. The van der Waals surface area contributed by atoms with E-state index in [0.29, 0.717) is 40.8 Å². The molecular weight excluding hydrogens is 1220 g/mol. The monoisotopic (exact) mass is 1290 g/mol. The van der Waals surface area contributed by atoms with Gasteiger partial charge in [-0.15, -0.1) is 0 Å². The second kappa shape index (κ2) is 32.0. The van der Waals surface area contributed by atoms with E-state index in [1.807, 2.05) is 210 Å². The van der Waals surface area contributed by atoms with Crippen molar-refractivity contribution in [3.05, 3.63) is 369 Å². The van der Waals surface area contributed by atoms with Crippen LogP contribution < -0.4 is 0 Å². The minimum Gasteiger partial charge on any atom is -0.233 e. The third-order valence-electron chi connectivity index (χ3n) is 16.2. The van der Waals surface area contributed by atoms with E-state index < -0.39 is 0 Å². The van der Waals surface area contributed by atoms with Gasteiger partial charge in [-0.1, -0.05) is 322 Å². The van der Waals surface area contributed by atoms with Crippen molar-refractivity contribution < 1.29 is 0 Å². The van der Waals surface area contributed by atoms with Crippen LogP contribution in [0.4, 0.5) is 0 Å². The molecule has 11 nitrogen and oxygen atoms in total. The molecule has 100 heavy (non-hydrogen) atoms. The third-order valence-corrected chi connectivity index (χ3v) is 16.2. The molecule has 0 aliphatic carbocycles. The van der Waals surface area contributed by atoms with Crippen molar-refractivity contribution in [3.63, 3.8) is 0 Å². The van der Waals surface area contributed by atoms with E-state index in [1.54, 1.807) is 0 Å². The molecule has 12 aromatic carbocycles. The number of rotatable bonds is 12. The standard InChI is InChI=1S/C29H22N2.2C22H17N3.C16H13N3/c1-21-30-28(26-16-8-14-24(18-26)22-10-4-2-5-11-22)20-29(31-21)27-17-9-15-25(19-27)23-12-6-3-7-13-23;1-16-23-21(18-11-6-3-7-12-18)25-22(24-16)20-14-8-13-19(15-20)17-9-4-2-5-10-17;1-16-23-21(19-10-6-3-7-11-19)25-22(24-16)20-14-12-18(13-15-20)17-8-4-2-5-9-17;1-12-17-15(13-8-4-2-5-9-13)19-16(18-12)14-10-6-3-7-11-14/h2-20H,1H3;2*2-15H,1H3;2-11H,1H3. The van der Waals surface area contributed by atoms with Crippen molar-refractivity contribution in [3.8, 4) is 135 Å². The van der Waals surface area contributed by atoms with E-state index in [9.17, 15) is 0 Å². The predicted octanol–water partition coefficient (Wildman–Crippen LogP) is 21.3. The average Bonchev–Trinajstić information content (AvgIpc) is 0.838. The maximum atomic E-state index is 4.73. The number of aromatic nitrogens is 11. The molecule has 0 atom stereocenters. The van der Waals surface area contributed by atoms with Gasteiger partial charge in [-0.25, -0.2) is 54.8 Å². The quantitative estimate of drug-likeness (QED) is 0.115. The molecule has 0 bridgehead atoms. The van der Waals surface area contributed by atoms with Crippen LogP contribution in [0.1, 0.15) is 23.3 Å². The summed E-state index contributed by atoms with van der Waals surface area (Å²) in [6.45, 7) is 7.64. The zero-order chi connectivity index (χ0) is 68.2. The second-order valence-electron chi connectivity index (χ2n) is 23.5. The smallest absolute Gasteiger partial charge is 0.163 e. The molecule has 0 amide bonds. The Morgan fingerprint density at radius 3 is 0.600 bits per heavy atom. The van der Waals surface area contributed by atoms with Crippen LogP contribution in [0.2, 0.25) is 0 Å². The molecular formula is C89H69N11. The van der Waals surface area contributed by atoms with E-state index >= 15 is 0 Å². The average molecular weight is 1290 g/mol. The van der Waals surface area contributed by atoms with Gasteiger partial charge >= 0.3 is 0 Å². The lowest BCUT2D eigenvalue weighted by Gasteiger charge is -2.10. The van der Waals surface area contributed by atoms with Gasteiger partial charge < -0.3 is 0 Å². The van der Waals surface area contributed by atoms with Crippen LogP contribution >= 0.6 is 0 Å². The summed E-state index contributed by atoms with van der Waals surface area (Å²) >= 11 is 0. The normalized spacial score (nSPS) is 10.6. The van der Waals surface area contributed by atoms with Gasteiger partial charge in [0.15, 0.2) is 34.9 Å². The summed E-state index contributed by atoms with van der Waals surface area (Å²) in [5.74, 6) is 7.16. The summed E-state index contributed by atoms with van der Waals surface area (Å²) in [5, 5.41) is 0. The Bertz CT molecular complexity index is 5150. The predicted molar refractivity (Wildman–Crippen MR) is 406 cm³/mol. The van der Waals surface area contributed by atoms with E-state index in [2.05, 4.69) is 209 Å². The summed E-state index contributed by atoms with van der Waals surface area (Å²) in [4.78, 5) is 50.2. The Morgan fingerprint density at radius 2 is 0.310 bits per heavy atom. The number of benzene rings is 12. The van der Waals surface area contributed by atoms with Crippen LogP contribution in [-0.4, -0.2) is 54.8 Å². The maximum Gasteiger partial charge on any atom is 0.163 e. The van der Waals surface area contributed by atoms with Crippen molar-refractivity contribution in [2.24, 2.45) is 0 Å². The molecule has 0 aliphatic rings.